The number of alkyl halides is 3. The Morgan fingerprint density at radius 2 is 1.80 bits per heavy atom. The Balaban J connectivity index is 3.59. The van der Waals surface area contributed by atoms with Crippen LogP contribution in [-0.2, 0) is 4.74 Å². The van der Waals surface area contributed by atoms with Crippen LogP contribution in [0, 0.1) is 11.8 Å². The average molecular weight is 227 g/mol. The van der Waals surface area contributed by atoms with Crippen LogP contribution in [-0.4, -0.2) is 33.0 Å². The van der Waals surface area contributed by atoms with E-state index < -0.39 is 12.7 Å². The number of rotatable bonds is 7. The number of halogens is 3. The Morgan fingerprint density at radius 1 is 1.20 bits per heavy atom. The molecule has 0 fully saturated rings. The molecule has 0 aromatic rings. The molecule has 2 atom stereocenters. The largest absolute Gasteiger partial charge is 0.401 e. The van der Waals surface area contributed by atoms with Gasteiger partial charge in [0.25, 0.3) is 0 Å². The molecule has 0 heterocycles. The highest BCUT2D eigenvalue weighted by Crippen LogP contribution is 2.16. The van der Waals surface area contributed by atoms with Gasteiger partial charge in [-0.05, 0) is 24.8 Å². The van der Waals surface area contributed by atoms with Crippen molar-refractivity contribution in [1.29, 1.82) is 0 Å². The zero-order chi connectivity index (χ0) is 11.9. The van der Waals surface area contributed by atoms with Crippen LogP contribution in [0.1, 0.15) is 20.3 Å². The Bertz CT molecular complexity index is 161. The van der Waals surface area contributed by atoms with Gasteiger partial charge in [0.15, 0.2) is 0 Å². The molecule has 2 nitrogen and oxygen atoms in total. The lowest BCUT2D eigenvalue weighted by molar-refractivity contribution is -0.125. The molecular formula is C10H20F3NO. The van der Waals surface area contributed by atoms with Gasteiger partial charge in [-0.15, -0.1) is 0 Å². The van der Waals surface area contributed by atoms with Crippen LogP contribution in [0.5, 0.6) is 0 Å². The first kappa shape index (κ1) is 14.7. The molecule has 0 saturated carbocycles. The molecule has 0 radical (unpaired) electrons. The maximum Gasteiger partial charge on any atom is 0.401 e. The summed E-state index contributed by atoms with van der Waals surface area (Å²) < 4.78 is 40.4. The van der Waals surface area contributed by atoms with Crippen LogP contribution < -0.4 is 5.32 Å². The third kappa shape index (κ3) is 8.69. The minimum absolute atomic E-state index is 0.225. The Hall–Kier alpha value is -0.290. The maximum atomic E-state index is 11.8. The first-order chi connectivity index (χ1) is 6.87. The van der Waals surface area contributed by atoms with E-state index in [0.717, 1.165) is 6.42 Å². The monoisotopic (exact) mass is 227 g/mol. The van der Waals surface area contributed by atoms with E-state index in [2.05, 4.69) is 5.32 Å². The lowest BCUT2D eigenvalue weighted by Gasteiger charge is -2.20. The first-order valence-corrected chi connectivity index (χ1v) is 5.13. The highest BCUT2D eigenvalue weighted by atomic mass is 19.4. The van der Waals surface area contributed by atoms with Crippen molar-refractivity contribution in [2.75, 3.05) is 26.8 Å². The second-order valence-corrected chi connectivity index (χ2v) is 3.98. The van der Waals surface area contributed by atoms with Gasteiger partial charge in [-0.2, -0.15) is 13.2 Å². The number of nitrogens with one attached hydrogen (secondary N) is 1. The molecule has 0 spiro atoms. The summed E-state index contributed by atoms with van der Waals surface area (Å²) in [5.74, 6) is 0.591. The lowest BCUT2D eigenvalue weighted by Crippen LogP contribution is -2.33. The number of hydrogen-bond donors (Lipinski definition) is 1. The Morgan fingerprint density at radius 3 is 2.27 bits per heavy atom. The molecule has 0 aromatic heterocycles. The maximum absolute atomic E-state index is 11.8. The summed E-state index contributed by atoms with van der Waals surface area (Å²) in [5, 5.41) is 2.42. The molecule has 1 N–H and O–H groups in total. The fourth-order valence-corrected chi connectivity index (χ4v) is 1.23. The molecule has 0 rings (SSSR count). The van der Waals surface area contributed by atoms with E-state index in [0.29, 0.717) is 19.1 Å². The van der Waals surface area contributed by atoms with Crippen molar-refractivity contribution >= 4 is 0 Å². The highest BCUT2D eigenvalue weighted by molar-refractivity contribution is 4.66. The molecule has 0 aliphatic heterocycles. The third-order valence-electron chi connectivity index (χ3n) is 2.54. The summed E-state index contributed by atoms with van der Waals surface area (Å²) in [5.41, 5.74) is 0. The van der Waals surface area contributed by atoms with Crippen molar-refractivity contribution < 1.29 is 17.9 Å². The molecular weight excluding hydrogens is 207 g/mol. The van der Waals surface area contributed by atoms with Crippen LogP contribution in [0.25, 0.3) is 0 Å². The van der Waals surface area contributed by atoms with E-state index in [1.54, 1.807) is 7.11 Å². The second kappa shape index (κ2) is 7.06. The minimum Gasteiger partial charge on any atom is -0.385 e. The van der Waals surface area contributed by atoms with Gasteiger partial charge in [0.1, 0.15) is 0 Å². The Labute approximate surface area is 89.2 Å². The van der Waals surface area contributed by atoms with Gasteiger partial charge >= 0.3 is 6.18 Å². The summed E-state index contributed by atoms with van der Waals surface area (Å²) in [6.45, 7) is 4.12. The standard InChI is InChI=1S/C10H20F3NO/c1-8(4-5-15-3)9(2)6-14-7-10(11,12)13/h8-9,14H,4-7H2,1-3H3. The zero-order valence-corrected chi connectivity index (χ0v) is 9.53. The van der Waals surface area contributed by atoms with Crippen molar-refractivity contribution in [1.82, 2.24) is 5.32 Å². The summed E-state index contributed by atoms with van der Waals surface area (Å²) in [6.07, 6.45) is -3.24. The molecule has 0 amide bonds. The molecule has 0 aliphatic rings. The van der Waals surface area contributed by atoms with Gasteiger partial charge in [0.05, 0.1) is 6.54 Å². The minimum atomic E-state index is -4.12. The van der Waals surface area contributed by atoms with Crippen molar-refractivity contribution in [3.63, 3.8) is 0 Å². The quantitative estimate of drug-likeness (QED) is 0.721. The van der Waals surface area contributed by atoms with Gasteiger partial charge in [0, 0.05) is 13.7 Å². The number of ether oxygens (including phenoxy) is 1. The van der Waals surface area contributed by atoms with E-state index in [-0.39, 0.29) is 5.92 Å². The van der Waals surface area contributed by atoms with E-state index in [1.807, 2.05) is 13.8 Å². The fourth-order valence-electron chi connectivity index (χ4n) is 1.23. The van der Waals surface area contributed by atoms with E-state index in [4.69, 9.17) is 4.74 Å². The van der Waals surface area contributed by atoms with Crippen LogP contribution in [0.3, 0.4) is 0 Å². The molecule has 15 heavy (non-hydrogen) atoms. The average Bonchev–Trinajstić information content (AvgIpc) is 2.11. The first-order valence-electron chi connectivity index (χ1n) is 5.13. The van der Waals surface area contributed by atoms with Gasteiger partial charge in [-0.3, -0.25) is 0 Å². The molecule has 92 valence electrons. The number of methoxy groups -OCH3 is 1. The fraction of sp³-hybridized carbons (Fsp3) is 1.00. The lowest BCUT2D eigenvalue weighted by atomic mass is 9.93. The van der Waals surface area contributed by atoms with Crippen LogP contribution >= 0.6 is 0 Å². The Kier molecular flexibility index (Phi) is 6.92. The van der Waals surface area contributed by atoms with Gasteiger partial charge in [-0.25, -0.2) is 0 Å². The smallest absolute Gasteiger partial charge is 0.385 e. The second-order valence-electron chi connectivity index (χ2n) is 3.98. The van der Waals surface area contributed by atoms with E-state index in [1.165, 1.54) is 0 Å². The topological polar surface area (TPSA) is 21.3 Å². The molecule has 2 unspecified atom stereocenters. The summed E-state index contributed by atoms with van der Waals surface area (Å²) in [7, 11) is 1.62. The SMILES string of the molecule is COCCC(C)C(C)CNCC(F)(F)F. The molecule has 0 saturated heterocycles. The number of hydrogen-bond acceptors (Lipinski definition) is 2. The molecule has 0 aliphatic carbocycles. The summed E-state index contributed by atoms with van der Waals surface area (Å²) in [4.78, 5) is 0. The molecule has 0 aromatic carbocycles. The van der Waals surface area contributed by atoms with Gasteiger partial charge in [0.2, 0.25) is 0 Å². The molecule has 5 heteroatoms. The van der Waals surface area contributed by atoms with Crippen LogP contribution in [0.2, 0.25) is 0 Å². The van der Waals surface area contributed by atoms with Crippen molar-refractivity contribution in [2.45, 2.75) is 26.4 Å². The third-order valence-corrected chi connectivity index (χ3v) is 2.54. The van der Waals surface area contributed by atoms with Crippen molar-refractivity contribution in [3.05, 3.63) is 0 Å². The summed E-state index contributed by atoms with van der Waals surface area (Å²) in [6, 6.07) is 0. The van der Waals surface area contributed by atoms with Gasteiger partial charge < -0.3 is 10.1 Å². The van der Waals surface area contributed by atoms with Gasteiger partial charge in [-0.1, -0.05) is 13.8 Å². The summed E-state index contributed by atoms with van der Waals surface area (Å²) >= 11 is 0. The van der Waals surface area contributed by atoms with Crippen LogP contribution in [0.4, 0.5) is 13.2 Å². The van der Waals surface area contributed by atoms with Crippen LogP contribution in [0.15, 0.2) is 0 Å². The van der Waals surface area contributed by atoms with Crippen molar-refractivity contribution in [2.24, 2.45) is 11.8 Å². The highest BCUT2D eigenvalue weighted by Gasteiger charge is 2.26. The predicted molar refractivity (Wildman–Crippen MR) is 53.7 cm³/mol. The van der Waals surface area contributed by atoms with E-state index in [9.17, 15) is 13.2 Å². The predicted octanol–water partition coefficient (Wildman–Crippen LogP) is 2.45. The van der Waals surface area contributed by atoms with E-state index >= 15 is 0 Å². The molecule has 0 bridgehead atoms. The normalized spacial score (nSPS) is 16.4. The van der Waals surface area contributed by atoms with Crippen molar-refractivity contribution in [3.8, 4) is 0 Å². The zero-order valence-electron chi connectivity index (χ0n) is 9.53.